The Morgan fingerprint density at radius 2 is 1.64 bits per heavy atom. The molecular weight excluding hydrogens is 170 g/mol. The summed E-state index contributed by atoms with van der Waals surface area (Å²) in [6.45, 7) is 13.1. The predicted octanol–water partition coefficient (Wildman–Crippen LogP) is 3.53. The molecular formula is C13H25N. The summed E-state index contributed by atoms with van der Waals surface area (Å²) in [6, 6.07) is 0.972. The van der Waals surface area contributed by atoms with Crippen LogP contribution in [0, 0.1) is 5.92 Å². The molecule has 0 bridgehead atoms. The fraction of sp³-hybridized carbons (Fsp3) is 0.692. The van der Waals surface area contributed by atoms with Crippen LogP contribution in [0.3, 0.4) is 0 Å². The topological polar surface area (TPSA) is 12.0 Å². The van der Waals surface area contributed by atoms with Gasteiger partial charge in [0, 0.05) is 12.1 Å². The first-order chi connectivity index (χ1) is 6.47. The van der Waals surface area contributed by atoms with E-state index in [0.717, 1.165) is 0 Å². The zero-order chi connectivity index (χ0) is 11.1. The van der Waals surface area contributed by atoms with E-state index in [1.165, 1.54) is 5.57 Å². The van der Waals surface area contributed by atoms with Gasteiger partial charge in [-0.3, -0.25) is 0 Å². The summed E-state index contributed by atoms with van der Waals surface area (Å²) in [5.41, 5.74) is 1.39. The molecule has 0 radical (unpaired) electrons. The van der Waals surface area contributed by atoms with Gasteiger partial charge in [0.2, 0.25) is 0 Å². The molecule has 14 heavy (non-hydrogen) atoms. The van der Waals surface area contributed by atoms with Crippen molar-refractivity contribution in [2.24, 2.45) is 5.92 Å². The van der Waals surface area contributed by atoms with Crippen molar-refractivity contribution < 1.29 is 0 Å². The molecule has 0 aromatic carbocycles. The van der Waals surface area contributed by atoms with Crippen molar-refractivity contribution in [2.45, 2.75) is 53.6 Å². The second kappa shape index (κ2) is 6.83. The van der Waals surface area contributed by atoms with Crippen molar-refractivity contribution in [1.29, 1.82) is 0 Å². The van der Waals surface area contributed by atoms with Crippen molar-refractivity contribution in [3.8, 4) is 0 Å². The van der Waals surface area contributed by atoms with E-state index in [4.69, 9.17) is 0 Å². The summed E-state index contributed by atoms with van der Waals surface area (Å²) < 4.78 is 0. The van der Waals surface area contributed by atoms with Gasteiger partial charge in [-0.2, -0.15) is 0 Å². The second-order valence-electron chi connectivity index (χ2n) is 4.45. The Balaban J connectivity index is 4.49. The molecule has 0 saturated heterocycles. The van der Waals surface area contributed by atoms with Crippen LogP contribution in [0.5, 0.6) is 0 Å². The number of rotatable bonds is 5. The molecule has 82 valence electrons. The van der Waals surface area contributed by atoms with Gasteiger partial charge in [0.05, 0.1) is 0 Å². The molecule has 1 N–H and O–H groups in total. The van der Waals surface area contributed by atoms with Crippen LogP contribution < -0.4 is 5.32 Å². The van der Waals surface area contributed by atoms with E-state index in [-0.39, 0.29) is 0 Å². The Morgan fingerprint density at radius 3 is 2.00 bits per heavy atom. The molecule has 0 aliphatic rings. The Kier molecular flexibility index (Phi) is 6.56. The largest absolute Gasteiger partial charge is 0.308 e. The van der Waals surface area contributed by atoms with Crippen molar-refractivity contribution in [3.05, 3.63) is 23.8 Å². The Labute approximate surface area is 89.3 Å². The molecule has 1 heteroatoms. The lowest BCUT2D eigenvalue weighted by atomic mass is 10.0. The molecule has 0 heterocycles. The molecule has 0 spiro atoms. The minimum atomic E-state index is 0.439. The SMILES string of the molecule is C/C=C\C(=C/C(C)C)C(C)NC(C)C. The highest BCUT2D eigenvalue weighted by atomic mass is 14.9. The van der Waals surface area contributed by atoms with Crippen LogP contribution in [-0.2, 0) is 0 Å². The van der Waals surface area contributed by atoms with E-state index in [9.17, 15) is 0 Å². The summed E-state index contributed by atoms with van der Waals surface area (Å²) in [5, 5.41) is 3.51. The van der Waals surface area contributed by atoms with E-state index < -0.39 is 0 Å². The van der Waals surface area contributed by atoms with Crippen LogP contribution in [0.2, 0.25) is 0 Å². The van der Waals surface area contributed by atoms with Crippen molar-refractivity contribution in [1.82, 2.24) is 5.32 Å². The van der Waals surface area contributed by atoms with Gasteiger partial charge in [-0.05, 0) is 25.3 Å². The molecule has 0 rings (SSSR count). The molecule has 0 fully saturated rings. The van der Waals surface area contributed by atoms with E-state index in [1.807, 2.05) is 0 Å². The van der Waals surface area contributed by atoms with Gasteiger partial charge in [0.15, 0.2) is 0 Å². The average Bonchev–Trinajstić information content (AvgIpc) is 2.01. The fourth-order valence-corrected chi connectivity index (χ4v) is 1.52. The number of nitrogens with one attached hydrogen (secondary N) is 1. The van der Waals surface area contributed by atoms with Crippen LogP contribution in [-0.4, -0.2) is 12.1 Å². The van der Waals surface area contributed by atoms with Crippen LogP contribution in [0.1, 0.15) is 41.5 Å². The summed E-state index contributed by atoms with van der Waals surface area (Å²) in [5.74, 6) is 0.609. The Morgan fingerprint density at radius 1 is 1.07 bits per heavy atom. The highest BCUT2D eigenvalue weighted by molar-refractivity contribution is 5.24. The number of hydrogen-bond donors (Lipinski definition) is 1. The lowest BCUT2D eigenvalue weighted by Crippen LogP contribution is -2.33. The monoisotopic (exact) mass is 195 g/mol. The molecule has 0 aliphatic heterocycles. The van der Waals surface area contributed by atoms with E-state index >= 15 is 0 Å². The Bertz CT molecular complexity index is 199. The molecule has 0 aromatic rings. The van der Waals surface area contributed by atoms with Crippen LogP contribution in [0.4, 0.5) is 0 Å². The molecule has 1 nitrogen and oxygen atoms in total. The van der Waals surface area contributed by atoms with Gasteiger partial charge in [-0.1, -0.05) is 45.9 Å². The highest BCUT2D eigenvalue weighted by Gasteiger charge is 2.07. The summed E-state index contributed by atoms with van der Waals surface area (Å²) >= 11 is 0. The molecule has 0 amide bonds. The first kappa shape index (κ1) is 13.4. The summed E-state index contributed by atoms with van der Waals surface area (Å²) in [6.07, 6.45) is 6.62. The third-order valence-corrected chi connectivity index (χ3v) is 1.97. The first-order valence-corrected chi connectivity index (χ1v) is 5.57. The average molecular weight is 195 g/mol. The summed E-state index contributed by atoms with van der Waals surface area (Å²) in [4.78, 5) is 0. The van der Waals surface area contributed by atoms with Crippen LogP contribution in [0.25, 0.3) is 0 Å². The Hall–Kier alpha value is -0.560. The van der Waals surface area contributed by atoms with E-state index in [2.05, 4.69) is 65.1 Å². The lowest BCUT2D eigenvalue weighted by molar-refractivity contribution is 0.535. The van der Waals surface area contributed by atoms with Crippen molar-refractivity contribution >= 4 is 0 Å². The first-order valence-electron chi connectivity index (χ1n) is 5.57. The van der Waals surface area contributed by atoms with Crippen molar-refractivity contribution in [2.75, 3.05) is 0 Å². The molecule has 0 saturated carbocycles. The van der Waals surface area contributed by atoms with Gasteiger partial charge in [0.25, 0.3) is 0 Å². The zero-order valence-electron chi connectivity index (χ0n) is 10.5. The van der Waals surface area contributed by atoms with E-state index in [1.54, 1.807) is 0 Å². The van der Waals surface area contributed by atoms with Gasteiger partial charge in [0.1, 0.15) is 0 Å². The third-order valence-electron chi connectivity index (χ3n) is 1.97. The predicted molar refractivity (Wildman–Crippen MR) is 65.5 cm³/mol. The maximum absolute atomic E-state index is 3.51. The zero-order valence-corrected chi connectivity index (χ0v) is 10.5. The smallest absolute Gasteiger partial charge is 0.0290 e. The summed E-state index contributed by atoms with van der Waals surface area (Å²) in [7, 11) is 0. The molecule has 1 atom stereocenters. The number of allylic oxidation sites excluding steroid dienone is 2. The molecule has 0 aromatic heterocycles. The van der Waals surface area contributed by atoms with Gasteiger partial charge in [-0.25, -0.2) is 0 Å². The third kappa shape index (κ3) is 5.98. The minimum absolute atomic E-state index is 0.439. The minimum Gasteiger partial charge on any atom is -0.308 e. The molecule has 1 unspecified atom stereocenters. The fourth-order valence-electron chi connectivity index (χ4n) is 1.52. The maximum Gasteiger partial charge on any atom is 0.0290 e. The quantitative estimate of drug-likeness (QED) is 0.662. The second-order valence-corrected chi connectivity index (χ2v) is 4.45. The van der Waals surface area contributed by atoms with Crippen LogP contribution in [0.15, 0.2) is 23.8 Å². The standard InChI is InChI=1S/C13H25N/c1-7-8-13(9-10(2)3)12(6)14-11(4)5/h7-12,14H,1-6H3/b8-7-,13-9+. The highest BCUT2D eigenvalue weighted by Crippen LogP contribution is 2.09. The van der Waals surface area contributed by atoms with Gasteiger partial charge < -0.3 is 5.32 Å². The normalized spacial score (nSPS) is 15.9. The van der Waals surface area contributed by atoms with Gasteiger partial charge in [-0.15, -0.1) is 0 Å². The van der Waals surface area contributed by atoms with Gasteiger partial charge >= 0.3 is 0 Å². The van der Waals surface area contributed by atoms with Crippen LogP contribution >= 0.6 is 0 Å². The molecule has 0 aliphatic carbocycles. The lowest BCUT2D eigenvalue weighted by Gasteiger charge is -2.19. The number of hydrogen-bond acceptors (Lipinski definition) is 1. The van der Waals surface area contributed by atoms with E-state index in [0.29, 0.717) is 18.0 Å². The van der Waals surface area contributed by atoms with Crippen molar-refractivity contribution in [3.63, 3.8) is 0 Å². The maximum atomic E-state index is 3.51.